The van der Waals surface area contributed by atoms with E-state index in [1.807, 2.05) is 11.8 Å². The Balaban J connectivity index is 1.87. The van der Waals surface area contributed by atoms with Crippen LogP contribution in [-0.2, 0) is 0 Å². The quantitative estimate of drug-likeness (QED) is 0.779. The summed E-state index contributed by atoms with van der Waals surface area (Å²) < 4.78 is 0. The molecule has 1 N–H and O–H groups in total. The molecule has 0 radical (unpaired) electrons. The molecule has 0 unspecified atom stereocenters. The molecule has 1 heterocycles. The van der Waals surface area contributed by atoms with Crippen molar-refractivity contribution in [3.8, 4) is 0 Å². The molecule has 2 nitrogen and oxygen atoms in total. The fourth-order valence-electron chi connectivity index (χ4n) is 2.24. The van der Waals surface area contributed by atoms with Crippen molar-refractivity contribution in [2.75, 3.05) is 41.9 Å². The first-order chi connectivity index (χ1) is 8.40. The number of rotatable bonds is 6. The highest BCUT2D eigenvalue weighted by molar-refractivity contribution is 7.98. The maximum absolute atomic E-state index is 3.50. The third kappa shape index (κ3) is 3.84. The van der Waals surface area contributed by atoms with E-state index in [1.165, 1.54) is 49.5 Å². The Morgan fingerprint density at radius 3 is 2.88 bits per heavy atom. The topological polar surface area (TPSA) is 15.3 Å². The van der Waals surface area contributed by atoms with Crippen molar-refractivity contribution in [3.63, 3.8) is 0 Å². The van der Waals surface area contributed by atoms with Crippen molar-refractivity contribution in [2.45, 2.75) is 19.3 Å². The number of anilines is 2. The minimum absolute atomic E-state index is 1.07. The van der Waals surface area contributed by atoms with Crippen LogP contribution in [0.2, 0.25) is 0 Å². The first kappa shape index (κ1) is 12.6. The van der Waals surface area contributed by atoms with Crippen LogP contribution < -0.4 is 10.2 Å². The first-order valence-electron chi connectivity index (χ1n) is 6.48. The van der Waals surface area contributed by atoms with Gasteiger partial charge in [0.05, 0.1) is 0 Å². The number of benzene rings is 1. The molecule has 2 rings (SSSR count). The largest absolute Gasteiger partial charge is 0.385 e. The van der Waals surface area contributed by atoms with Gasteiger partial charge in [-0.3, -0.25) is 0 Å². The van der Waals surface area contributed by atoms with Crippen LogP contribution in [0.15, 0.2) is 24.3 Å². The number of hydrogen-bond acceptors (Lipinski definition) is 3. The van der Waals surface area contributed by atoms with Crippen LogP contribution in [-0.4, -0.2) is 31.6 Å². The highest BCUT2D eigenvalue weighted by Gasteiger charge is 2.11. The summed E-state index contributed by atoms with van der Waals surface area (Å²) in [5, 5.41) is 3.50. The van der Waals surface area contributed by atoms with Gasteiger partial charge in [0, 0.05) is 31.0 Å². The smallest absolute Gasteiger partial charge is 0.0386 e. The average Bonchev–Trinajstić information content (AvgIpc) is 2.89. The highest BCUT2D eigenvalue weighted by Crippen LogP contribution is 2.23. The lowest BCUT2D eigenvalue weighted by molar-refractivity contribution is 0.949. The third-order valence-electron chi connectivity index (χ3n) is 3.17. The minimum atomic E-state index is 1.07. The van der Waals surface area contributed by atoms with Crippen molar-refractivity contribution in [3.05, 3.63) is 24.3 Å². The molecule has 1 fully saturated rings. The van der Waals surface area contributed by atoms with E-state index in [-0.39, 0.29) is 0 Å². The van der Waals surface area contributed by atoms with Crippen LogP contribution in [0.1, 0.15) is 19.3 Å². The Bertz CT molecular complexity index is 335. The second-order valence-electron chi connectivity index (χ2n) is 4.52. The van der Waals surface area contributed by atoms with Gasteiger partial charge in [-0.2, -0.15) is 11.8 Å². The fraction of sp³-hybridized carbons (Fsp3) is 0.571. The first-order valence-corrected chi connectivity index (χ1v) is 7.87. The molecular weight excluding hydrogens is 228 g/mol. The van der Waals surface area contributed by atoms with Gasteiger partial charge < -0.3 is 10.2 Å². The second-order valence-corrected chi connectivity index (χ2v) is 5.50. The Morgan fingerprint density at radius 2 is 2.12 bits per heavy atom. The van der Waals surface area contributed by atoms with E-state index in [4.69, 9.17) is 0 Å². The predicted molar refractivity (Wildman–Crippen MR) is 79.4 cm³/mol. The Kier molecular flexibility index (Phi) is 5.05. The van der Waals surface area contributed by atoms with Gasteiger partial charge >= 0.3 is 0 Å². The molecule has 1 aromatic carbocycles. The predicted octanol–water partition coefficient (Wildman–Crippen LogP) is 3.45. The minimum Gasteiger partial charge on any atom is -0.385 e. The van der Waals surface area contributed by atoms with Crippen molar-refractivity contribution in [1.82, 2.24) is 0 Å². The van der Waals surface area contributed by atoms with Crippen molar-refractivity contribution < 1.29 is 0 Å². The van der Waals surface area contributed by atoms with Crippen molar-refractivity contribution >= 4 is 23.1 Å². The summed E-state index contributed by atoms with van der Waals surface area (Å²) in [7, 11) is 0. The summed E-state index contributed by atoms with van der Waals surface area (Å²) >= 11 is 1.91. The molecule has 1 aliphatic heterocycles. The highest BCUT2D eigenvalue weighted by atomic mass is 32.2. The fourth-order valence-corrected chi connectivity index (χ4v) is 2.67. The summed E-state index contributed by atoms with van der Waals surface area (Å²) in [5.41, 5.74) is 2.63. The molecule has 1 aromatic rings. The lowest BCUT2D eigenvalue weighted by atomic mass is 10.2. The van der Waals surface area contributed by atoms with Gasteiger partial charge in [0.1, 0.15) is 0 Å². The summed E-state index contributed by atoms with van der Waals surface area (Å²) in [6.07, 6.45) is 6.07. The zero-order chi connectivity index (χ0) is 11.9. The molecule has 1 saturated heterocycles. The van der Waals surface area contributed by atoms with Gasteiger partial charge in [0.15, 0.2) is 0 Å². The molecule has 0 amide bonds. The Hall–Kier alpha value is -0.830. The molecule has 94 valence electrons. The Labute approximate surface area is 109 Å². The SMILES string of the molecule is CSCCCNc1cccc(N2CCCC2)c1. The van der Waals surface area contributed by atoms with Crippen molar-refractivity contribution in [2.24, 2.45) is 0 Å². The average molecular weight is 250 g/mol. The summed E-state index contributed by atoms with van der Waals surface area (Å²) in [6, 6.07) is 8.83. The van der Waals surface area contributed by atoms with Gasteiger partial charge in [0.2, 0.25) is 0 Å². The number of thioether (sulfide) groups is 1. The zero-order valence-corrected chi connectivity index (χ0v) is 11.4. The van der Waals surface area contributed by atoms with Gasteiger partial charge in [-0.05, 0) is 49.5 Å². The van der Waals surface area contributed by atoms with E-state index < -0.39 is 0 Å². The van der Waals surface area contributed by atoms with Crippen LogP contribution in [0.5, 0.6) is 0 Å². The molecule has 0 bridgehead atoms. The van der Waals surface area contributed by atoms with Crippen LogP contribution in [0.4, 0.5) is 11.4 Å². The maximum atomic E-state index is 3.50. The van der Waals surface area contributed by atoms with Gasteiger partial charge in [0.25, 0.3) is 0 Å². The molecular formula is C14H22N2S. The molecule has 0 spiro atoms. The molecule has 3 heteroatoms. The number of nitrogens with zero attached hydrogens (tertiary/aromatic N) is 1. The molecule has 1 aliphatic rings. The summed E-state index contributed by atoms with van der Waals surface area (Å²) in [6.45, 7) is 3.51. The van der Waals surface area contributed by atoms with Crippen LogP contribution in [0, 0.1) is 0 Å². The van der Waals surface area contributed by atoms with Gasteiger partial charge in [-0.15, -0.1) is 0 Å². The number of hydrogen-bond donors (Lipinski definition) is 1. The van der Waals surface area contributed by atoms with Crippen LogP contribution in [0.25, 0.3) is 0 Å². The van der Waals surface area contributed by atoms with Gasteiger partial charge in [-0.1, -0.05) is 6.07 Å². The van der Waals surface area contributed by atoms with E-state index in [1.54, 1.807) is 0 Å². The lowest BCUT2D eigenvalue weighted by Gasteiger charge is -2.18. The van der Waals surface area contributed by atoms with Gasteiger partial charge in [-0.25, -0.2) is 0 Å². The second kappa shape index (κ2) is 6.80. The van der Waals surface area contributed by atoms with E-state index in [0.29, 0.717) is 0 Å². The molecule has 0 aliphatic carbocycles. The van der Waals surface area contributed by atoms with E-state index in [9.17, 15) is 0 Å². The Morgan fingerprint density at radius 1 is 1.29 bits per heavy atom. The standard InChI is InChI=1S/C14H22N2S/c1-17-11-5-8-15-13-6-4-7-14(12-13)16-9-2-3-10-16/h4,6-7,12,15H,2-3,5,8-11H2,1H3. The summed E-state index contributed by atoms with van der Waals surface area (Å²) in [5.74, 6) is 1.23. The monoisotopic (exact) mass is 250 g/mol. The maximum Gasteiger partial charge on any atom is 0.0386 e. The van der Waals surface area contributed by atoms with E-state index in [2.05, 4.69) is 40.7 Å². The van der Waals surface area contributed by atoms with Crippen LogP contribution in [0.3, 0.4) is 0 Å². The van der Waals surface area contributed by atoms with Crippen LogP contribution >= 0.6 is 11.8 Å². The third-order valence-corrected chi connectivity index (χ3v) is 3.87. The number of nitrogens with one attached hydrogen (secondary N) is 1. The normalized spacial score (nSPS) is 15.2. The van der Waals surface area contributed by atoms with E-state index >= 15 is 0 Å². The molecule has 0 atom stereocenters. The van der Waals surface area contributed by atoms with Crippen molar-refractivity contribution in [1.29, 1.82) is 0 Å². The molecule has 0 aromatic heterocycles. The summed E-state index contributed by atoms with van der Waals surface area (Å²) in [4.78, 5) is 2.48. The van der Waals surface area contributed by atoms with E-state index in [0.717, 1.165) is 6.54 Å². The molecule has 0 saturated carbocycles. The lowest BCUT2D eigenvalue weighted by Crippen LogP contribution is -2.17. The zero-order valence-electron chi connectivity index (χ0n) is 10.6. The molecule has 17 heavy (non-hydrogen) atoms.